The minimum atomic E-state index is -4.02. The van der Waals surface area contributed by atoms with Gasteiger partial charge in [0.25, 0.3) is 0 Å². The van der Waals surface area contributed by atoms with Crippen molar-refractivity contribution in [3.8, 4) is 6.07 Å². The standard InChI is InChI=1S/C31H41N3O7S/c1-22-10-12-24(13-11-22)42(37,38)34(21-31(2,3)15-7-16-32)19-27(35)26(18-23-8-5-4-6-9-23)33-30(36)41-28-20-40-29-25(28)14-17-39-29/h4-6,8-13,25-29,35H,7,14-15,17-21H2,1-3H3,(H,33,36)/t25?,26-,27?,28?,29?/m0/s1. The topological polar surface area (TPSA) is 138 Å². The van der Waals surface area contributed by atoms with Crippen LogP contribution in [0, 0.1) is 29.6 Å². The van der Waals surface area contributed by atoms with E-state index >= 15 is 0 Å². The summed E-state index contributed by atoms with van der Waals surface area (Å²) in [6.07, 6.45) is -1.09. The van der Waals surface area contributed by atoms with Crippen LogP contribution in [0.15, 0.2) is 59.5 Å². The minimum Gasteiger partial charge on any atom is -0.443 e. The predicted molar refractivity (Wildman–Crippen MR) is 156 cm³/mol. The van der Waals surface area contributed by atoms with Gasteiger partial charge in [0, 0.05) is 19.5 Å². The molecule has 2 aliphatic rings. The molecule has 228 valence electrons. The molecule has 4 rings (SSSR count). The highest BCUT2D eigenvalue weighted by molar-refractivity contribution is 7.89. The molecule has 11 heteroatoms. The first kappa shape index (κ1) is 31.9. The van der Waals surface area contributed by atoms with E-state index < -0.39 is 39.8 Å². The highest BCUT2D eigenvalue weighted by Crippen LogP contribution is 2.33. The monoisotopic (exact) mass is 599 g/mol. The van der Waals surface area contributed by atoms with E-state index in [4.69, 9.17) is 19.5 Å². The molecule has 2 heterocycles. The zero-order valence-corrected chi connectivity index (χ0v) is 25.3. The van der Waals surface area contributed by atoms with Crippen LogP contribution in [0.4, 0.5) is 4.79 Å². The van der Waals surface area contributed by atoms with Gasteiger partial charge in [-0.05, 0) is 49.3 Å². The number of rotatable bonds is 13. The van der Waals surface area contributed by atoms with Gasteiger partial charge in [-0.15, -0.1) is 0 Å². The molecule has 0 bridgehead atoms. The van der Waals surface area contributed by atoms with Crippen LogP contribution < -0.4 is 5.32 Å². The van der Waals surface area contributed by atoms with Crippen LogP contribution in [-0.2, 0) is 30.7 Å². The third-order valence-electron chi connectivity index (χ3n) is 7.88. The average molecular weight is 600 g/mol. The number of sulfonamides is 1. The SMILES string of the molecule is Cc1ccc(S(=O)(=O)N(CC(O)[C@H](Cc2ccccc2)NC(=O)OC2COC3OCCC23)CC(C)(C)CCC#N)cc1. The molecule has 2 aromatic carbocycles. The lowest BCUT2D eigenvalue weighted by molar-refractivity contribution is -0.0907. The third kappa shape index (κ3) is 8.30. The van der Waals surface area contributed by atoms with Gasteiger partial charge in [-0.2, -0.15) is 9.57 Å². The molecule has 1 amide bonds. The Morgan fingerprint density at radius 3 is 2.60 bits per heavy atom. The number of alkyl carbamates (subject to hydrolysis) is 1. The van der Waals surface area contributed by atoms with E-state index in [1.54, 1.807) is 24.3 Å². The number of nitrogens with one attached hydrogen (secondary N) is 1. The molecule has 2 N–H and O–H groups in total. The average Bonchev–Trinajstić information content (AvgIpc) is 3.57. The summed E-state index contributed by atoms with van der Waals surface area (Å²) < 4.78 is 45.8. The lowest BCUT2D eigenvalue weighted by Gasteiger charge is -2.35. The van der Waals surface area contributed by atoms with E-state index in [2.05, 4.69) is 11.4 Å². The van der Waals surface area contributed by atoms with E-state index in [0.717, 1.165) is 17.5 Å². The maximum absolute atomic E-state index is 13.9. The summed E-state index contributed by atoms with van der Waals surface area (Å²) >= 11 is 0. The van der Waals surface area contributed by atoms with Crippen molar-refractivity contribution in [3.05, 3.63) is 65.7 Å². The van der Waals surface area contributed by atoms with Crippen LogP contribution >= 0.6 is 0 Å². The first-order valence-electron chi connectivity index (χ1n) is 14.3. The molecule has 4 unspecified atom stereocenters. The lowest BCUT2D eigenvalue weighted by atomic mass is 9.88. The first-order valence-corrected chi connectivity index (χ1v) is 15.8. The summed E-state index contributed by atoms with van der Waals surface area (Å²) in [5, 5.41) is 23.5. The fraction of sp³-hybridized carbons (Fsp3) is 0.548. The second kappa shape index (κ2) is 14.0. The molecule has 2 aromatic rings. The Morgan fingerprint density at radius 1 is 1.19 bits per heavy atom. The van der Waals surface area contributed by atoms with Crippen molar-refractivity contribution in [1.29, 1.82) is 5.26 Å². The van der Waals surface area contributed by atoms with E-state index in [-0.39, 0.29) is 49.6 Å². The number of carbonyl (C=O) groups excluding carboxylic acids is 1. The van der Waals surface area contributed by atoms with Crippen molar-refractivity contribution >= 4 is 16.1 Å². The second-order valence-corrected chi connectivity index (χ2v) is 13.8. The number of aliphatic hydroxyl groups is 1. The van der Waals surface area contributed by atoms with Crippen LogP contribution in [0.3, 0.4) is 0 Å². The van der Waals surface area contributed by atoms with Crippen LogP contribution in [0.2, 0.25) is 0 Å². The van der Waals surface area contributed by atoms with Crippen molar-refractivity contribution in [2.75, 3.05) is 26.3 Å². The van der Waals surface area contributed by atoms with E-state index in [1.165, 1.54) is 4.31 Å². The van der Waals surface area contributed by atoms with Gasteiger partial charge in [-0.25, -0.2) is 13.2 Å². The fourth-order valence-corrected chi connectivity index (χ4v) is 7.06. The molecule has 0 aromatic heterocycles. The maximum atomic E-state index is 13.9. The quantitative estimate of drug-likeness (QED) is 0.355. The smallest absolute Gasteiger partial charge is 0.407 e. The van der Waals surface area contributed by atoms with E-state index in [1.807, 2.05) is 51.1 Å². The number of nitrogens with zero attached hydrogens (tertiary/aromatic N) is 2. The Bertz CT molecular complexity index is 1330. The predicted octanol–water partition coefficient (Wildman–Crippen LogP) is 3.78. The largest absolute Gasteiger partial charge is 0.443 e. The van der Waals surface area contributed by atoms with Gasteiger partial charge in [-0.3, -0.25) is 0 Å². The van der Waals surface area contributed by atoms with Crippen molar-refractivity contribution in [1.82, 2.24) is 9.62 Å². The molecule has 0 radical (unpaired) electrons. The van der Waals surface area contributed by atoms with Crippen LogP contribution in [0.5, 0.6) is 0 Å². The van der Waals surface area contributed by atoms with Crippen molar-refractivity contribution in [3.63, 3.8) is 0 Å². The molecule has 2 aliphatic heterocycles. The van der Waals surface area contributed by atoms with E-state index in [0.29, 0.717) is 13.0 Å². The molecule has 42 heavy (non-hydrogen) atoms. The lowest BCUT2D eigenvalue weighted by Crippen LogP contribution is -2.52. The Hall–Kier alpha value is -3.01. The Kier molecular flexibility index (Phi) is 10.6. The highest BCUT2D eigenvalue weighted by Gasteiger charge is 2.44. The van der Waals surface area contributed by atoms with Gasteiger partial charge in [0.15, 0.2) is 6.29 Å². The molecular weight excluding hydrogens is 558 g/mol. The molecule has 10 nitrogen and oxygen atoms in total. The highest BCUT2D eigenvalue weighted by atomic mass is 32.2. The van der Waals surface area contributed by atoms with Crippen LogP contribution in [0.1, 0.15) is 44.2 Å². The summed E-state index contributed by atoms with van der Waals surface area (Å²) in [5.41, 5.74) is 1.23. The summed E-state index contributed by atoms with van der Waals surface area (Å²) in [6.45, 7) is 6.25. The van der Waals surface area contributed by atoms with Gasteiger partial charge in [0.05, 0.1) is 42.2 Å². The van der Waals surface area contributed by atoms with Crippen molar-refractivity contribution in [2.24, 2.45) is 11.3 Å². The fourth-order valence-electron chi connectivity index (χ4n) is 5.42. The molecular formula is C31H41N3O7S. The second-order valence-electron chi connectivity index (χ2n) is 11.9. The molecule has 2 fully saturated rings. The maximum Gasteiger partial charge on any atom is 0.407 e. The number of nitriles is 1. The number of amides is 1. The van der Waals surface area contributed by atoms with Gasteiger partial charge in [0.1, 0.15) is 6.10 Å². The van der Waals surface area contributed by atoms with Crippen LogP contribution in [-0.4, -0.2) is 74.8 Å². The Labute approximate surface area is 248 Å². The summed E-state index contributed by atoms with van der Waals surface area (Å²) in [5.74, 6) is -0.0426. The first-order chi connectivity index (χ1) is 20.0. The van der Waals surface area contributed by atoms with Crippen molar-refractivity contribution in [2.45, 2.75) is 75.9 Å². The Morgan fingerprint density at radius 2 is 1.90 bits per heavy atom. The number of hydrogen-bond acceptors (Lipinski definition) is 8. The minimum absolute atomic E-state index is 0.0426. The van der Waals surface area contributed by atoms with Gasteiger partial charge in [-0.1, -0.05) is 61.9 Å². The Balaban J connectivity index is 1.56. The molecule has 0 aliphatic carbocycles. The van der Waals surface area contributed by atoms with E-state index in [9.17, 15) is 18.3 Å². The summed E-state index contributed by atoms with van der Waals surface area (Å²) in [7, 11) is -4.02. The van der Waals surface area contributed by atoms with Gasteiger partial charge < -0.3 is 24.6 Å². The molecule has 5 atom stereocenters. The normalized spacial score (nSPS) is 21.9. The summed E-state index contributed by atoms with van der Waals surface area (Å²) in [6, 6.07) is 17.2. The number of hydrogen-bond donors (Lipinski definition) is 2. The van der Waals surface area contributed by atoms with Crippen molar-refractivity contribution < 1.29 is 32.5 Å². The molecule has 0 saturated carbocycles. The number of fused-ring (bicyclic) bond motifs is 1. The van der Waals surface area contributed by atoms with Crippen LogP contribution in [0.25, 0.3) is 0 Å². The molecule has 2 saturated heterocycles. The van der Waals surface area contributed by atoms with Gasteiger partial charge in [0.2, 0.25) is 10.0 Å². The number of carbonyl (C=O) groups is 1. The zero-order chi connectivity index (χ0) is 30.3. The number of aliphatic hydroxyl groups excluding tert-OH is 1. The van der Waals surface area contributed by atoms with Gasteiger partial charge >= 0.3 is 6.09 Å². The molecule has 0 spiro atoms. The zero-order valence-electron chi connectivity index (χ0n) is 24.4. The number of benzene rings is 2. The number of aryl methyl sites for hydroxylation is 1. The summed E-state index contributed by atoms with van der Waals surface area (Å²) in [4.78, 5) is 13.2. The number of ether oxygens (including phenoxy) is 3. The third-order valence-corrected chi connectivity index (χ3v) is 9.70.